The first kappa shape index (κ1) is 10.6. The van der Waals surface area contributed by atoms with Crippen LogP contribution in [0, 0.1) is 5.92 Å². The number of aromatic nitrogens is 3. The van der Waals surface area contributed by atoms with Gasteiger partial charge in [0.2, 0.25) is 0 Å². The predicted molar refractivity (Wildman–Crippen MR) is 59.4 cm³/mol. The molecule has 1 aromatic heterocycles. The van der Waals surface area contributed by atoms with Crippen LogP contribution in [0.15, 0.2) is 6.33 Å². The van der Waals surface area contributed by atoms with Gasteiger partial charge in [0.15, 0.2) is 0 Å². The van der Waals surface area contributed by atoms with Crippen molar-refractivity contribution in [2.45, 2.75) is 45.2 Å². The van der Waals surface area contributed by atoms with Crippen LogP contribution >= 0.6 is 0 Å². The second-order valence-corrected chi connectivity index (χ2v) is 4.80. The van der Waals surface area contributed by atoms with Crippen molar-refractivity contribution < 1.29 is 0 Å². The van der Waals surface area contributed by atoms with Crippen LogP contribution in [0.1, 0.15) is 45.0 Å². The Hall–Kier alpha value is -0.900. The lowest BCUT2D eigenvalue weighted by molar-refractivity contribution is 0.429. The Labute approximate surface area is 91.1 Å². The minimum absolute atomic E-state index is 0.299. The molecule has 0 aromatic carbocycles. The average Bonchev–Trinajstić information content (AvgIpc) is 2.75. The van der Waals surface area contributed by atoms with Gasteiger partial charge in [-0.2, -0.15) is 0 Å². The molecule has 1 heterocycles. The van der Waals surface area contributed by atoms with Crippen LogP contribution in [-0.4, -0.2) is 20.8 Å². The molecule has 4 heteroatoms. The second-order valence-electron chi connectivity index (χ2n) is 4.80. The molecule has 0 aliphatic heterocycles. The molecule has 4 nitrogen and oxygen atoms in total. The highest BCUT2D eigenvalue weighted by molar-refractivity contribution is 4.94. The molecule has 1 aromatic rings. The topological polar surface area (TPSA) is 42.7 Å². The Balaban J connectivity index is 1.92. The van der Waals surface area contributed by atoms with Gasteiger partial charge in [0, 0.05) is 13.1 Å². The second kappa shape index (κ2) is 4.31. The zero-order chi connectivity index (χ0) is 10.8. The smallest absolute Gasteiger partial charge is 0.149 e. The van der Waals surface area contributed by atoms with Gasteiger partial charge in [-0.3, -0.25) is 0 Å². The standard InChI is InChI=1S/C11H20N4/c1-8-4-5-10(6-8)13-9(2)11-14-12-7-15(11)3/h7-10,13H,4-6H2,1-3H3. The van der Waals surface area contributed by atoms with Gasteiger partial charge in [0.1, 0.15) is 12.2 Å². The Morgan fingerprint density at radius 2 is 2.33 bits per heavy atom. The fraction of sp³-hybridized carbons (Fsp3) is 0.818. The lowest BCUT2D eigenvalue weighted by Crippen LogP contribution is -2.30. The van der Waals surface area contributed by atoms with Crippen LogP contribution in [-0.2, 0) is 7.05 Å². The summed E-state index contributed by atoms with van der Waals surface area (Å²) in [6.45, 7) is 4.49. The molecule has 0 saturated heterocycles. The molecular weight excluding hydrogens is 188 g/mol. The third-order valence-electron chi connectivity index (χ3n) is 3.31. The van der Waals surface area contributed by atoms with Crippen molar-refractivity contribution >= 4 is 0 Å². The zero-order valence-corrected chi connectivity index (χ0v) is 9.77. The lowest BCUT2D eigenvalue weighted by atomic mass is 10.1. The maximum Gasteiger partial charge on any atom is 0.149 e. The maximum atomic E-state index is 4.13. The molecule has 0 bridgehead atoms. The van der Waals surface area contributed by atoms with Crippen LogP contribution in [0.25, 0.3) is 0 Å². The van der Waals surface area contributed by atoms with Crippen molar-refractivity contribution in [2.75, 3.05) is 0 Å². The Bertz CT molecular complexity index is 320. The van der Waals surface area contributed by atoms with E-state index in [0.29, 0.717) is 12.1 Å². The van der Waals surface area contributed by atoms with Crippen LogP contribution in [0.5, 0.6) is 0 Å². The van der Waals surface area contributed by atoms with Crippen molar-refractivity contribution in [2.24, 2.45) is 13.0 Å². The third-order valence-corrected chi connectivity index (χ3v) is 3.31. The predicted octanol–water partition coefficient (Wildman–Crippen LogP) is 1.65. The fourth-order valence-corrected chi connectivity index (χ4v) is 2.47. The zero-order valence-electron chi connectivity index (χ0n) is 9.77. The summed E-state index contributed by atoms with van der Waals surface area (Å²) in [5, 5.41) is 11.7. The highest BCUT2D eigenvalue weighted by atomic mass is 15.3. The van der Waals surface area contributed by atoms with Gasteiger partial charge < -0.3 is 9.88 Å². The molecule has 84 valence electrons. The first-order valence-corrected chi connectivity index (χ1v) is 5.76. The number of hydrogen-bond donors (Lipinski definition) is 1. The van der Waals surface area contributed by atoms with Crippen molar-refractivity contribution in [1.82, 2.24) is 20.1 Å². The summed E-state index contributed by atoms with van der Waals surface area (Å²) in [4.78, 5) is 0. The van der Waals surface area contributed by atoms with Crippen LogP contribution in [0.2, 0.25) is 0 Å². The van der Waals surface area contributed by atoms with Crippen molar-refractivity contribution in [3.8, 4) is 0 Å². The molecule has 0 amide bonds. The molecule has 1 aliphatic carbocycles. The molecule has 0 spiro atoms. The van der Waals surface area contributed by atoms with Gasteiger partial charge in [-0.1, -0.05) is 6.92 Å². The molecule has 1 saturated carbocycles. The summed E-state index contributed by atoms with van der Waals surface area (Å²) < 4.78 is 1.98. The van der Waals surface area contributed by atoms with E-state index in [1.807, 2.05) is 11.6 Å². The number of nitrogens with one attached hydrogen (secondary N) is 1. The van der Waals surface area contributed by atoms with Gasteiger partial charge >= 0.3 is 0 Å². The molecule has 15 heavy (non-hydrogen) atoms. The number of nitrogens with zero attached hydrogens (tertiary/aromatic N) is 3. The first-order chi connectivity index (χ1) is 7.16. The average molecular weight is 208 g/mol. The molecule has 1 N–H and O–H groups in total. The SMILES string of the molecule is CC1CCC(NC(C)c2nncn2C)C1. The largest absolute Gasteiger partial charge is 0.319 e. The quantitative estimate of drug-likeness (QED) is 0.821. The fourth-order valence-electron chi connectivity index (χ4n) is 2.47. The summed E-state index contributed by atoms with van der Waals surface area (Å²) in [5.74, 6) is 1.89. The summed E-state index contributed by atoms with van der Waals surface area (Å²) >= 11 is 0. The molecule has 3 unspecified atom stereocenters. The third kappa shape index (κ3) is 2.37. The van der Waals surface area contributed by atoms with Gasteiger partial charge in [-0.25, -0.2) is 0 Å². The van der Waals surface area contributed by atoms with E-state index >= 15 is 0 Å². The number of aryl methyl sites for hydroxylation is 1. The molecule has 1 aliphatic rings. The van der Waals surface area contributed by atoms with Gasteiger partial charge in [-0.15, -0.1) is 10.2 Å². The Kier molecular flexibility index (Phi) is 3.05. The first-order valence-electron chi connectivity index (χ1n) is 5.76. The monoisotopic (exact) mass is 208 g/mol. The van der Waals surface area contributed by atoms with E-state index in [4.69, 9.17) is 0 Å². The summed E-state index contributed by atoms with van der Waals surface area (Å²) in [6.07, 6.45) is 5.69. The summed E-state index contributed by atoms with van der Waals surface area (Å²) in [6, 6.07) is 0.958. The minimum Gasteiger partial charge on any atom is -0.319 e. The van der Waals surface area contributed by atoms with E-state index in [-0.39, 0.29) is 0 Å². The van der Waals surface area contributed by atoms with E-state index in [2.05, 4.69) is 29.4 Å². The summed E-state index contributed by atoms with van der Waals surface area (Å²) in [7, 11) is 1.99. The van der Waals surface area contributed by atoms with E-state index in [1.165, 1.54) is 19.3 Å². The van der Waals surface area contributed by atoms with Crippen LogP contribution < -0.4 is 5.32 Å². The van der Waals surface area contributed by atoms with Crippen molar-refractivity contribution in [1.29, 1.82) is 0 Å². The number of hydrogen-bond acceptors (Lipinski definition) is 3. The van der Waals surface area contributed by atoms with E-state index < -0.39 is 0 Å². The highest BCUT2D eigenvalue weighted by Crippen LogP contribution is 2.26. The van der Waals surface area contributed by atoms with Crippen molar-refractivity contribution in [3.63, 3.8) is 0 Å². The van der Waals surface area contributed by atoms with Crippen molar-refractivity contribution in [3.05, 3.63) is 12.2 Å². The molecule has 1 fully saturated rings. The molecule has 2 rings (SSSR count). The van der Waals surface area contributed by atoms with E-state index in [9.17, 15) is 0 Å². The molecule has 0 radical (unpaired) electrons. The minimum atomic E-state index is 0.299. The van der Waals surface area contributed by atoms with E-state index in [0.717, 1.165) is 11.7 Å². The van der Waals surface area contributed by atoms with Gasteiger partial charge in [0.05, 0.1) is 6.04 Å². The Morgan fingerprint density at radius 1 is 1.53 bits per heavy atom. The van der Waals surface area contributed by atoms with Gasteiger partial charge in [0.25, 0.3) is 0 Å². The van der Waals surface area contributed by atoms with Crippen LogP contribution in [0.4, 0.5) is 0 Å². The summed E-state index contributed by atoms with van der Waals surface area (Å²) in [5.41, 5.74) is 0. The maximum absolute atomic E-state index is 4.13. The van der Waals surface area contributed by atoms with Gasteiger partial charge in [-0.05, 0) is 32.1 Å². The highest BCUT2D eigenvalue weighted by Gasteiger charge is 2.23. The van der Waals surface area contributed by atoms with Crippen LogP contribution in [0.3, 0.4) is 0 Å². The number of rotatable bonds is 3. The molecule has 3 atom stereocenters. The van der Waals surface area contributed by atoms with E-state index in [1.54, 1.807) is 6.33 Å². The lowest BCUT2D eigenvalue weighted by Gasteiger charge is -2.18. The normalized spacial score (nSPS) is 28.2. The Morgan fingerprint density at radius 3 is 2.87 bits per heavy atom. The molecular formula is C11H20N4.